The number of H-pyrrole nitrogens is 1. The molecule has 0 saturated heterocycles. The standard InChI is InChI=1S/C17H17N5O2/c1-12-18-10-14(16(23)20-12)17(24)21-15(11-22-9-5-8-19-22)13-6-3-2-4-7-13/h2-10,15H,11H2,1H3,(H,21,24)(H,18,20,23). The van der Waals surface area contributed by atoms with Crippen LogP contribution in [0.1, 0.15) is 27.8 Å². The van der Waals surface area contributed by atoms with Gasteiger partial charge < -0.3 is 10.3 Å². The Morgan fingerprint density at radius 2 is 2.08 bits per heavy atom. The number of hydrogen-bond acceptors (Lipinski definition) is 4. The van der Waals surface area contributed by atoms with Gasteiger partial charge in [-0.3, -0.25) is 14.3 Å². The Balaban J connectivity index is 1.86. The molecule has 0 aliphatic carbocycles. The monoisotopic (exact) mass is 323 g/mol. The van der Waals surface area contributed by atoms with Crippen LogP contribution in [0.4, 0.5) is 0 Å². The molecule has 3 rings (SSSR count). The summed E-state index contributed by atoms with van der Waals surface area (Å²) < 4.78 is 1.73. The van der Waals surface area contributed by atoms with Gasteiger partial charge in [0.05, 0.1) is 12.6 Å². The molecule has 2 heterocycles. The van der Waals surface area contributed by atoms with Gasteiger partial charge >= 0.3 is 0 Å². The number of aromatic nitrogens is 4. The molecule has 2 aromatic heterocycles. The van der Waals surface area contributed by atoms with Crippen LogP contribution in [-0.2, 0) is 6.54 Å². The molecular formula is C17H17N5O2. The van der Waals surface area contributed by atoms with Crippen molar-refractivity contribution < 1.29 is 4.79 Å². The lowest BCUT2D eigenvalue weighted by Crippen LogP contribution is -2.35. The van der Waals surface area contributed by atoms with E-state index >= 15 is 0 Å². The van der Waals surface area contributed by atoms with Gasteiger partial charge in [0.2, 0.25) is 0 Å². The third-order valence-corrected chi connectivity index (χ3v) is 3.61. The van der Waals surface area contributed by atoms with Crippen molar-refractivity contribution in [3.05, 3.63) is 82.3 Å². The van der Waals surface area contributed by atoms with Crippen LogP contribution in [0.3, 0.4) is 0 Å². The molecule has 0 aliphatic heterocycles. The molecule has 0 radical (unpaired) electrons. The third kappa shape index (κ3) is 3.57. The van der Waals surface area contributed by atoms with Gasteiger partial charge in [0.25, 0.3) is 11.5 Å². The van der Waals surface area contributed by atoms with E-state index in [0.717, 1.165) is 5.56 Å². The molecule has 7 nitrogen and oxygen atoms in total. The van der Waals surface area contributed by atoms with Crippen LogP contribution in [-0.4, -0.2) is 25.7 Å². The van der Waals surface area contributed by atoms with Gasteiger partial charge in [-0.2, -0.15) is 5.10 Å². The largest absolute Gasteiger partial charge is 0.343 e. The lowest BCUT2D eigenvalue weighted by atomic mass is 10.1. The SMILES string of the molecule is Cc1ncc(C(=O)NC(Cn2cccn2)c2ccccc2)c(=O)[nH]1. The fourth-order valence-electron chi connectivity index (χ4n) is 2.40. The molecule has 122 valence electrons. The fourth-order valence-corrected chi connectivity index (χ4v) is 2.40. The van der Waals surface area contributed by atoms with Crippen molar-refractivity contribution in [1.29, 1.82) is 0 Å². The number of benzene rings is 1. The van der Waals surface area contributed by atoms with Crippen molar-refractivity contribution in [3.63, 3.8) is 0 Å². The topological polar surface area (TPSA) is 92.7 Å². The predicted octanol–water partition coefficient (Wildman–Crippen LogP) is 1.45. The van der Waals surface area contributed by atoms with E-state index in [1.54, 1.807) is 17.8 Å². The number of aryl methyl sites for hydroxylation is 1. The van der Waals surface area contributed by atoms with E-state index < -0.39 is 11.5 Å². The van der Waals surface area contributed by atoms with Gasteiger partial charge in [-0.15, -0.1) is 0 Å². The van der Waals surface area contributed by atoms with Gasteiger partial charge in [-0.05, 0) is 18.6 Å². The minimum absolute atomic E-state index is 0.0120. The van der Waals surface area contributed by atoms with Crippen LogP contribution in [0.15, 0.2) is 59.8 Å². The summed E-state index contributed by atoms with van der Waals surface area (Å²) in [7, 11) is 0. The highest BCUT2D eigenvalue weighted by atomic mass is 16.2. The zero-order valence-electron chi connectivity index (χ0n) is 13.1. The maximum Gasteiger partial charge on any atom is 0.263 e. The van der Waals surface area contributed by atoms with Crippen molar-refractivity contribution in [2.45, 2.75) is 19.5 Å². The second kappa shape index (κ2) is 6.91. The quantitative estimate of drug-likeness (QED) is 0.743. The van der Waals surface area contributed by atoms with Crippen LogP contribution in [0.25, 0.3) is 0 Å². The Morgan fingerprint density at radius 3 is 2.75 bits per heavy atom. The Bertz CT molecular complexity index is 872. The molecule has 0 saturated carbocycles. The van der Waals surface area contributed by atoms with E-state index in [9.17, 15) is 9.59 Å². The lowest BCUT2D eigenvalue weighted by Gasteiger charge is -2.19. The first-order valence-corrected chi connectivity index (χ1v) is 7.52. The smallest absolute Gasteiger partial charge is 0.263 e. The van der Waals surface area contributed by atoms with E-state index in [4.69, 9.17) is 0 Å². The Hall–Kier alpha value is -3.22. The molecule has 0 bridgehead atoms. The van der Waals surface area contributed by atoms with Crippen molar-refractivity contribution in [2.24, 2.45) is 0 Å². The fraction of sp³-hybridized carbons (Fsp3) is 0.176. The molecule has 2 N–H and O–H groups in total. The van der Waals surface area contributed by atoms with Crippen LogP contribution in [0.5, 0.6) is 0 Å². The van der Waals surface area contributed by atoms with Gasteiger partial charge in [0, 0.05) is 18.6 Å². The summed E-state index contributed by atoms with van der Waals surface area (Å²) in [6, 6.07) is 11.1. The van der Waals surface area contributed by atoms with Crippen LogP contribution >= 0.6 is 0 Å². The summed E-state index contributed by atoms with van der Waals surface area (Å²) in [6.07, 6.45) is 4.79. The van der Waals surface area contributed by atoms with E-state index in [1.165, 1.54) is 6.20 Å². The maximum absolute atomic E-state index is 12.5. The molecule has 24 heavy (non-hydrogen) atoms. The highest BCUT2D eigenvalue weighted by Crippen LogP contribution is 2.15. The first-order chi connectivity index (χ1) is 11.6. The number of carbonyl (C=O) groups excluding carboxylic acids is 1. The normalized spacial score (nSPS) is 11.9. The Labute approximate surface area is 138 Å². The summed E-state index contributed by atoms with van der Waals surface area (Å²) in [6.45, 7) is 2.12. The molecule has 0 spiro atoms. The molecular weight excluding hydrogens is 306 g/mol. The highest BCUT2D eigenvalue weighted by molar-refractivity contribution is 5.93. The highest BCUT2D eigenvalue weighted by Gasteiger charge is 2.19. The van der Waals surface area contributed by atoms with Gasteiger partial charge in [-0.25, -0.2) is 4.98 Å². The van der Waals surface area contributed by atoms with Crippen LogP contribution in [0.2, 0.25) is 0 Å². The zero-order valence-corrected chi connectivity index (χ0v) is 13.1. The number of nitrogens with one attached hydrogen (secondary N) is 2. The summed E-state index contributed by atoms with van der Waals surface area (Å²) in [5.41, 5.74) is 0.464. The molecule has 1 atom stereocenters. The average Bonchev–Trinajstić information content (AvgIpc) is 3.08. The van der Waals surface area contributed by atoms with Crippen molar-refractivity contribution in [3.8, 4) is 0 Å². The molecule has 7 heteroatoms. The molecule has 0 fully saturated rings. The number of rotatable bonds is 5. The van der Waals surface area contributed by atoms with E-state index in [-0.39, 0.29) is 11.6 Å². The van der Waals surface area contributed by atoms with E-state index in [1.807, 2.05) is 42.6 Å². The van der Waals surface area contributed by atoms with Gasteiger partial charge in [-0.1, -0.05) is 30.3 Å². The number of nitrogens with zero attached hydrogens (tertiary/aromatic N) is 3. The van der Waals surface area contributed by atoms with E-state index in [2.05, 4.69) is 20.4 Å². The summed E-state index contributed by atoms with van der Waals surface area (Å²) in [5.74, 6) is -0.00235. The zero-order chi connectivity index (χ0) is 16.9. The van der Waals surface area contributed by atoms with Crippen molar-refractivity contribution >= 4 is 5.91 Å². The Morgan fingerprint density at radius 1 is 1.29 bits per heavy atom. The number of aromatic amines is 1. The van der Waals surface area contributed by atoms with Gasteiger partial charge in [0.15, 0.2) is 0 Å². The second-order valence-corrected chi connectivity index (χ2v) is 5.38. The first kappa shape index (κ1) is 15.7. The number of carbonyl (C=O) groups is 1. The minimum atomic E-state index is -0.468. The van der Waals surface area contributed by atoms with Crippen molar-refractivity contribution in [1.82, 2.24) is 25.1 Å². The molecule has 1 aromatic carbocycles. The molecule has 3 aromatic rings. The van der Waals surface area contributed by atoms with E-state index in [0.29, 0.717) is 12.4 Å². The van der Waals surface area contributed by atoms with Gasteiger partial charge in [0.1, 0.15) is 11.4 Å². The summed E-state index contributed by atoms with van der Waals surface area (Å²) in [4.78, 5) is 30.9. The number of amides is 1. The molecule has 0 aliphatic rings. The van der Waals surface area contributed by atoms with Crippen LogP contribution < -0.4 is 10.9 Å². The second-order valence-electron chi connectivity index (χ2n) is 5.38. The minimum Gasteiger partial charge on any atom is -0.343 e. The number of hydrogen-bond donors (Lipinski definition) is 2. The van der Waals surface area contributed by atoms with Crippen molar-refractivity contribution in [2.75, 3.05) is 0 Å². The summed E-state index contributed by atoms with van der Waals surface area (Å²) >= 11 is 0. The lowest BCUT2D eigenvalue weighted by molar-refractivity contribution is 0.0930. The molecule has 1 unspecified atom stereocenters. The predicted molar refractivity (Wildman–Crippen MR) is 88.5 cm³/mol. The van der Waals surface area contributed by atoms with Crippen LogP contribution in [0, 0.1) is 6.92 Å². The third-order valence-electron chi connectivity index (χ3n) is 3.61. The Kier molecular flexibility index (Phi) is 4.51. The summed E-state index contributed by atoms with van der Waals surface area (Å²) in [5, 5.41) is 7.06. The first-order valence-electron chi connectivity index (χ1n) is 7.52. The average molecular weight is 323 g/mol. The molecule has 1 amide bonds. The maximum atomic E-state index is 12.5.